The van der Waals surface area contributed by atoms with E-state index in [0.29, 0.717) is 46.5 Å². The van der Waals surface area contributed by atoms with Gasteiger partial charge in [0.05, 0.1) is 7.11 Å². The summed E-state index contributed by atoms with van der Waals surface area (Å²) in [5, 5.41) is 8.98. The van der Waals surface area contributed by atoms with Crippen molar-refractivity contribution in [1.29, 1.82) is 0 Å². The monoisotopic (exact) mass is 468 g/mol. The maximum atomic E-state index is 6.11. The Bertz CT molecular complexity index is 1090. The zero-order valence-corrected chi connectivity index (χ0v) is 19.7. The second-order valence-electron chi connectivity index (χ2n) is 8.73. The van der Waals surface area contributed by atoms with Crippen molar-refractivity contribution in [2.24, 2.45) is 11.8 Å². The molecule has 9 heteroatoms. The molecule has 1 saturated heterocycles. The van der Waals surface area contributed by atoms with Crippen LogP contribution in [0.25, 0.3) is 0 Å². The highest BCUT2D eigenvalue weighted by atomic mass is 35.5. The Morgan fingerprint density at radius 2 is 1.97 bits per heavy atom. The van der Waals surface area contributed by atoms with E-state index in [0.717, 1.165) is 26.1 Å². The van der Waals surface area contributed by atoms with E-state index in [1.807, 2.05) is 35.1 Å². The zero-order valence-electron chi connectivity index (χ0n) is 18.9. The van der Waals surface area contributed by atoms with Crippen LogP contribution in [-0.2, 0) is 6.54 Å². The van der Waals surface area contributed by atoms with Crippen molar-refractivity contribution >= 4 is 23.2 Å². The number of benzene rings is 1. The number of halogens is 1. The third-order valence-electron chi connectivity index (χ3n) is 6.50. The molecule has 2 atom stereocenters. The third-order valence-corrected chi connectivity index (χ3v) is 6.74. The number of aryl methyl sites for hydroxylation is 1. The Hall–Kier alpha value is -3.00. The maximum absolute atomic E-state index is 6.11. The summed E-state index contributed by atoms with van der Waals surface area (Å²) in [6, 6.07) is 12.2. The molecule has 0 amide bonds. The SMILES string of the molecule is CCCn1nc(NC2C3CCC2CN(c2ccnc(OC)c2)C3)nc1Oc1cccc(Cl)c1. The largest absolute Gasteiger partial charge is 0.481 e. The Morgan fingerprint density at radius 3 is 2.70 bits per heavy atom. The van der Waals surface area contributed by atoms with E-state index in [9.17, 15) is 0 Å². The molecule has 2 aromatic heterocycles. The summed E-state index contributed by atoms with van der Waals surface area (Å²) < 4.78 is 13.1. The second kappa shape index (κ2) is 9.47. The number of hydrogen-bond acceptors (Lipinski definition) is 7. The van der Waals surface area contributed by atoms with E-state index in [1.165, 1.54) is 18.5 Å². The highest BCUT2D eigenvalue weighted by Gasteiger charge is 2.42. The van der Waals surface area contributed by atoms with Crippen molar-refractivity contribution < 1.29 is 9.47 Å². The lowest BCUT2D eigenvalue weighted by atomic mass is 9.92. The average Bonchev–Trinajstić information content (AvgIpc) is 3.28. The van der Waals surface area contributed by atoms with E-state index in [1.54, 1.807) is 13.2 Å². The number of aromatic nitrogens is 4. The van der Waals surface area contributed by atoms with Crippen molar-refractivity contribution in [2.45, 2.75) is 38.8 Å². The number of methoxy groups -OCH3 is 1. The number of anilines is 2. The van der Waals surface area contributed by atoms with Gasteiger partial charge in [-0.25, -0.2) is 9.67 Å². The fourth-order valence-electron chi connectivity index (χ4n) is 4.98. The van der Waals surface area contributed by atoms with Crippen LogP contribution in [0.2, 0.25) is 5.02 Å². The number of fused-ring (bicyclic) bond motifs is 2. The molecule has 5 rings (SSSR count). The molecule has 3 aromatic rings. The first kappa shape index (κ1) is 21.8. The molecule has 0 spiro atoms. The summed E-state index contributed by atoms with van der Waals surface area (Å²) in [5.41, 5.74) is 1.17. The number of ether oxygens (including phenoxy) is 2. The molecule has 1 aliphatic heterocycles. The van der Waals surface area contributed by atoms with Crippen LogP contribution in [0.3, 0.4) is 0 Å². The van der Waals surface area contributed by atoms with E-state index in [4.69, 9.17) is 26.2 Å². The van der Waals surface area contributed by atoms with Crippen molar-refractivity contribution in [3.8, 4) is 17.6 Å². The summed E-state index contributed by atoms with van der Waals surface area (Å²) in [4.78, 5) is 11.4. The molecule has 8 nitrogen and oxygen atoms in total. The smallest absolute Gasteiger partial charge is 0.322 e. The maximum Gasteiger partial charge on any atom is 0.322 e. The van der Waals surface area contributed by atoms with Crippen LogP contribution in [0.4, 0.5) is 11.6 Å². The number of nitrogens with one attached hydrogen (secondary N) is 1. The third kappa shape index (κ3) is 4.71. The lowest BCUT2D eigenvalue weighted by Crippen LogP contribution is -2.48. The number of pyridine rings is 1. The van der Waals surface area contributed by atoms with Crippen LogP contribution < -0.4 is 19.7 Å². The normalized spacial score (nSPS) is 21.8. The molecular weight excluding hydrogens is 440 g/mol. The highest BCUT2D eigenvalue weighted by molar-refractivity contribution is 6.30. The number of hydrogen-bond donors (Lipinski definition) is 1. The molecule has 2 unspecified atom stereocenters. The molecule has 3 heterocycles. The number of nitrogens with zero attached hydrogens (tertiary/aromatic N) is 5. The standard InChI is InChI=1S/C24H29ClN6O2/c1-3-11-31-24(33-20-6-4-5-18(25)12-20)28-23(29-31)27-22-16-7-8-17(22)15-30(14-16)19-9-10-26-21(13-19)32-2/h4-6,9-10,12-13,16-17,22H,3,7-8,11,14-15H2,1-2H3,(H,27,29). The molecule has 1 aromatic carbocycles. The number of rotatable bonds is 8. The van der Waals surface area contributed by atoms with Gasteiger partial charge in [0.1, 0.15) is 5.75 Å². The summed E-state index contributed by atoms with van der Waals surface area (Å²) in [6.07, 6.45) is 5.14. The second-order valence-corrected chi connectivity index (χ2v) is 9.17. The van der Waals surface area contributed by atoms with E-state index in [-0.39, 0.29) is 0 Å². The van der Waals surface area contributed by atoms with E-state index < -0.39 is 0 Å². The minimum absolute atomic E-state index is 0.349. The van der Waals surface area contributed by atoms with Gasteiger partial charge >= 0.3 is 6.01 Å². The molecular formula is C24H29ClN6O2. The lowest BCUT2D eigenvalue weighted by Gasteiger charge is -2.39. The van der Waals surface area contributed by atoms with E-state index >= 15 is 0 Å². The fourth-order valence-corrected chi connectivity index (χ4v) is 5.16. The Kier molecular flexibility index (Phi) is 6.26. The molecule has 33 heavy (non-hydrogen) atoms. The molecule has 0 radical (unpaired) electrons. The Labute approximate surface area is 198 Å². The van der Waals surface area contributed by atoms with Crippen molar-refractivity contribution in [3.63, 3.8) is 0 Å². The first-order valence-electron chi connectivity index (χ1n) is 11.5. The van der Waals surface area contributed by atoms with Crippen LogP contribution in [0.15, 0.2) is 42.6 Å². The van der Waals surface area contributed by atoms with E-state index in [2.05, 4.69) is 33.2 Å². The molecule has 174 valence electrons. The van der Waals surface area contributed by atoms with Crippen LogP contribution >= 0.6 is 11.6 Å². The van der Waals surface area contributed by atoms with Gasteiger partial charge in [-0.15, -0.1) is 5.10 Å². The zero-order chi connectivity index (χ0) is 22.8. The van der Waals surface area contributed by atoms with Gasteiger partial charge in [0.2, 0.25) is 11.8 Å². The van der Waals surface area contributed by atoms with Crippen LogP contribution in [-0.4, -0.2) is 46.0 Å². The minimum atomic E-state index is 0.349. The van der Waals surface area contributed by atoms with Crippen LogP contribution in [0.5, 0.6) is 17.6 Å². The summed E-state index contributed by atoms with van der Waals surface area (Å²) in [7, 11) is 1.65. The van der Waals surface area contributed by atoms with Crippen LogP contribution in [0.1, 0.15) is 26.2 Å². The summed E-state index contributed by atoms with van der Waals surface area (Å²) in [5.74, 6) is 2.98. The van der Waals surface area contributed by atoms with Gasteiger partial charge in [-0.3, -0.25) is 0 Å². The summed E-state index contributed by atoms with van der Waals surface area (Å²) >= 11 is 6.11. The van der Waals surface area contributed by atoms with Crippen molar-refractivity contribution in [3.05, 3.63) is 47.6 Å². The fraction of sp³-hybridized carbons (Fsp3) is 0.458. The lowest BCUT2D eigenvalue weighted by molar-refractivity contribution is 0.374. The van der Waals surface area contributed by atoms with Gasteiger partial charge in [-0.05, 0) is 55.4 Å². The molecule has 2 aliphatic rings. The molecule has 1 N–H and O–H groups in total. The summed E-state index contributed by atoms with van der Waals surface area (Å²) in [6.45, 7) is 4.83. The first-order chi connectivity index (χ1) is 16.1. The highest BCUT2D eigenvalue weighted by Crippen LogP contribution is 2.40. The predicted molar refractivity (Wildman–Crippen MR) is 128 cm³/mol. The molecule has 2 fully saturated rings. The Morgan fingerprint density at radius 1 is 1.15 bits per heavy atom. The van der Waals surface area contributed by atoms with Gasteiger partial charge < -0.3 is 19.7 Å². The Balaban J connectivity index is 1.30. The molecule has 1 saturated carbocycles. The van der Waals surface area contributed by atoms with Gasteiger partial charge in [-0.2, -0.15) is 4.98 Å². The van der Waals surface area contributed by atoms with Gasteiger partial charge in [-0.1, -0.05) is 24.6 Å². The topological polar surface area (TPSA) is 77.3 Å². The average molecular weight is 469 g/mol. The van der Waals surface area contributed by atoms with Crippen molar-refractivity contribution in [1.82, 2.24) is 19.7 Å². The predicted octanol–water partition coefficient (Wildman–Crippen LogP) is 4.86. The number of piperidine rings is 1. The first-order valence-corrected chi connectivity index (χ1v) is 11.9. The quantitative estimate of drug-likeness (QED) is 0.505. The van der Waals surface area contributed by atoms with Crippen molar-refractivity contribution in [2.75, 3.05) is 30.4 Å². The van der Waals surface area contributed by atoms with Gasteiger partial charge in [0.25, 0.3) is 0 Å². The molecule has 2 bridgehead atoms. The van der Waals surface area contributed by atoms with Gasteiger partial charge in [0, 0.05) is 48.6 Å². The van der Waals surface area contributed by atoms with Gasteiger partial charge in [0.15, 0.2) is 0 Å². The minimum Gasteiger partial charge on any atom is -0.481 e. The van der Waals surface area contributed by atoms with Crippen LogP contribution in [0, 0.1) is 11.8 Å². The molecule has 1 aliphatic carbocycles.